The lowest BCUT2D eigenvalue weighted by Gasteiger charge is -2.16. The number of hydrogen-bond acceptors (Lipinski definition) is 4. The topological polar surface area (TPSA) is 86.3 Å². The minimum absolute atomic E-state index is 0.435. The van der Waals surface area contributed by atoms with E-state index >= 15 is 0 Å². The summed E-state index contributed by atoms with van der Waals surface area (Å²) in [5, 5.41) is 23.2. The number of hydrogen-bond donors (Lipinski definition) is 0. The van der Waals surface area contributed by atoms with Crippen LogP contribution in [0.4, 0.5) is 0 Å². The number of benzene rings is 2. The minimum atomic E-state index is -2.00. The number of rotatable bonds is 5. The van der Waals surface area contributed by atoms with Gasteiger partial charge in [-0.3, -0.25) is 20.2 Å². The van der Waals surface area contributed by atoms with Gasteiger partial charge in [0.15, 0.2) is 0 Å². The lowest BCUT2D eigenvalue weighted by Crippen LogP contribution is -2.35. The Labute approximate surface area is 135 Å². The molecular weight excluding hydrogens is 331 g/mol. The van der Waals surface area contributed by atoms with E-state index < -0.39 is 21.9 Å². The second-order valence-electron chi connectivity index (χ2n) is 4.57. The zero-order valence-electron chi connectivity index (χ0n) is 11.1. The highest BCUT2D eigenvalue weighted by molar-refractivity contribution is 6.30. The molecule has 0 atom stereocenters. The average molecular weight is 341 g/mol. The Bertz CT molecular complexity index is 629. The molecule has 22 heavy (non-hydrogen) atoms. The minimum Gasteiger partial charge on any atom is -0.259 e. The van der Waals surface area contributed by atoms with E-state index in [1.165, 1.54) is 24.3 Å². The summed E-state index contributed by atoms with van der Waals surface area (Å²) in [7, 11) is 0. The lowest BCUT2D eigenvalue weighted by molar-refractivity contribution is -0.744. The highest BCUT2D eigenvalue weighted by atomic mass is 35.5. The van der Waals surface area contributed by atoms with Gasteiger partial charge >= 0.3 is 6.17 Å². The molecule has 0 unspecified atom stereocenters. The monoisotopic (exact) mass is 340 g/mol. The van der Waals surface area contributed by atoms with Crippen molar-refractivity contribution in [2.45, 2.75) is 12.1 Å². The normalized spacial score (nSPS) is 10.9. The fourth-order valence-corrected chi connectivity index (χ4v) is 2.45. The summed E-state index contributed by atoms with van der Waals surface area (Å²) < 4.78 is 0. The van der Waals surface area contributed by atoms with Gasteiger partial charge in [-0.25, -0.2) is 0 Å². The van der Waals surface area contributed by atoms with Crippen LogP contribution >= 0.6 is 23.2 Å². The maximum atomic E-state index is 11.2. The second-order valence-corrected chi connectivity index (χ2v) is 5.44. The highest BCUT2D eigenvalue weighted by Gasteiger charge is 2.44. The predicted octanol–water partition coefficient (Wildman–Crippen LogP) is 4.00. The van der Waals surface area contributed by atoms with E-state index in [1.54, 1.807) is 24.3 Å². The third-order valence-corrected chi connectivity index (χ3v) is 3.69. The Morgan fingerprint density at radius 1 is 0.727 bits per heavy atom. The number of nitro groups is 2. The maximum absolute atomic E-state index is 11.2. The van der Waals surface area contributed by atoms with Gasteiger partial charge in [0.2, 0.25) is 0 Å². The van der Waals surface area contributed by atoms with Crippen LogP contribution in [-0.2, 0) is 0 Å². The first kappa shape index (κ1) is 16.2. The predicted molar refractivity (Wildman–Crippen MR) is 82.5 cm³/mol. The summed E-state index contributed by atoms with van der Waals surface area (Å²) in [6, 6.07) is 12.3. The molecule has 0 aliphatic carbocycles. The molecule has 0 N–H and O–H groups in total. The molecule has 0 saturated carbocycles. The van der Waals surface area contributed by atoms with Crippen LogP contribution in [0.1, 0.15) is 17.0 Å². The first-order valence-corrected chi connectivity index (χ1v) is 6.93. The molecule has 114 valence electrons. The molecule has 0 saturated heterocycles. The van der Waals surface area contributed by atoms with Crippen molar-refractivity contribution in [3.8, 4) is 0 Å². The van der Waals surface area contributed by atoms with Gasteiger partial charge in [0.1, 0.15) is 5.92 Å². The van der Waals surface area contributed by atoms with Crippen LogP contribution < -0.4 is 0 Å². The second kappa shape index (κ2) is 6.72. The Hall–Kier alpha value is -2.18. The third kappa shape index (κ3) is 3.52. The van der Waals surface area contributed by atoms with Crippen molar-refractivity contribution in [1.29, 1.82) is 0 Å². The van der Waals surface area contributed by atoms with E-state index in [4.69, 9.17) is 23.2 Å². The molecule has 0 radical (unpaired) electrons. The molecule has 0 heterocycles. The van der Waals surface area contributed by atoms with Gasteiger partial charge in [0.25, 0.3) is 0 Å². The molecule has 2 aromatic carbocycles. The molecule has 0 amide bonds. The van der Waals surface area contributed by atoms with Gasteiger partial charge in [-0.05, 0) is 35.4 Å². The molecule has 6 nitrogen and oxygen atoms in total. The molecule has 8 heteroatoms. The standard InChI is InChI=1S/C14H10Cl2N2O4/c15-11-5-1-9(2-6-11)13(14(17(19)20)18(21)22)10-3-7-12(16)8-4-10/h1-8,13-14H. The van der Waals surface area contributed by atoms with Crippen LogP contribution in [0.15, 0.2) is 48.5 Å². The first-order valence-electron chi connectivity index (χ1n) is 6.18. The number of nitrogens with zero attached hydrogens (tertiary/aromatic N) is 2. The average Bonchev–Trinajstić information content (AvgIpc) is 2.46. The van der Waals surface area contributed by atoms with Crippen LogP contribution in [0.2, 0.25) is 10.0 Å². The lowest BCUT2D eigenvalue weighted by atomic mass is 9.89. The molecular formula is C14H10Cl2N2O4. The van der Waals surface area contributed by atoms with Crippen molar-refractivity contribution in [3.05, 3.63) is 89.9 Å². The SMILES string of the molecule is O=[N+]([O-])C(C(c1ccc(Cl)cc1)c1ccc(Cl)cc1)[N+](=O)[O-]. The largest absolute Gasteiger partial charge is 0.461 e. The van der Waals surface area contributed by atoms with Crippen molar-refractivity contribution in [3.63, 3.8) is 0 Å². The van der Waals surface area contributed by atoms with Crippen LogP contribution in [0, 0.1) is 20.2 Å². The van der Waals surface area contributed by atoms with Gasteiger partial charge in [0.05, 0.1) is 9.85 Å². The molecule has 2 rings (SSSR count). The molecule has 0 aliphatic heterocycles. The Balaban J connectivity index is 2.57. The zero-order valence-corrected chi connectivity index (χ0v) is 12.6. The summed E-state index contributed by atoms with van der Waals surface area (Å²) >= 11 is 11.6. The fraction of sp³-hybridized carbons (Fsp3) is 0.143. The van der Waals surface area contributed by atoms with Gasteiger partial charge in [-0.15, -0.1) is 0 Å². The zero-order chi connectivity index (χ0) is 16.3. The van der Waals surface area contributed by atoms with Crippen molar-refractivity contribution in [2.75, 3.05) is 0 Å². The third-order valence-electron chi connectivity index (χ3n) is 3.19. The van der Waals surface area contributed by atoms with Crippen LogP contribution in [0.3, 0.4) is 0 Å². The van der Waals surface area contributed by atoms with E-state index in [2.05, 4.69) is 0 Å². The molecule has 0 spiro atoms. The molecule has 0 aliphatic rings. The molecule has 2 aromatic rings. The summed E-state index contributed by atoms with van der Waals surface area (Å²) in [5.74, 6) is -1.04. The van der Waals surface area contributed by atoms with E-state index in [0.717, 1.165) is 0 Å². The summed E-state index contributed by atoms with van der Waals surface area (Å²) in [6.45, 7) is 0. The van der Waals surface area contributed by atoms with Crippen LogP contribution in [-0.4, -0.2) is 16.0 Å². The summed E-state index contributed by atoms with van der Waals surface area (Å²) in [6.07, 6.45) is -2.00. The van der Waals surface area contributed by atoms with Gasteiger partial charge < -0.3 is 0 Å². The highest BCUT2D eigenvalue weighted by Crippen LogP contribution is 2.31. The number of halogens is 2. The summed E-state index contributed by atoms with van der Waals surface area (Å²) in [4.78, 5) is 20.6. The first-order chi connectivity index (χ1) is 10.4. The van der Waals surface area contributed by atoms with Crippen LogP contribution in [0.25, 0.3) is 0 Å². The Morgan fingerprint density at radius 3 is 1.32 bits per heavy atom. The molecule has 0 fully saturated rings. The van der Waals surface area contributed by atoms with Crippen molar-refractivity contribution in [1.82, 2.24) is 0 Å². The summed E-state index contributed by atoms with van der Waals surface area (Å²) in [5.41, 5.74) is 0.871. The van der Waals surface area contributed by atoms with Gasteiger partial charge in [-0.2, -0.15) is 0 Å². The molecule has 0 bridgehead atoms. The maximum Gasteiger partial charge on any atom is 0.461 e. The Kier molecular flexibility index (Phi) is 4.95. The van der Waals surface area contributed by atoms with E-state index in [0.29, 0.717) is 21.2 Å². The van der Waals surface area contributed by atoms with Crippen molar-refractivity contribution >= 4 is 23.2 Å². The van der Waals surface area contributed by atoms with Crippen LogP contribution in [0.5, 0.6) is 0 Å². The van der Waals surface area contributed by atoms with Crippen molar-refractivity contribution < 1.29 is 9.85 Å². The smallest absolute Gasteiger partial charge is 0.259 e. The molecule has 0 aromatic heterocycles. The fourth-order valence-electron chi connectivity index (χ4n) is 2.20. The van der Waals surface area contributed by atoms with Crippen molar-refractivity contribution in [2.24, 2.45) is 0 Å². The van der Waals surface area contributed by atoms with E-state index in [1.807, 2.05) is 0 Å². The van der Waals surface area contributed by atoms with E-state index in [-0.39, 0.29) is 0 Å². The van der Waals surface area contributed by atoms with E-state index in [9.17, 15) is 20.2 Å². The van der Waals surface area contributed by atoms with Gasteiger partial charge in [-0.1, -0.05) is 47.5 Å². The van der Waals surface area contributed by atoms with Gasteiger partial charge in [0, 0.05) is 10.0 Å². The quantitative estimate of drug-likeness (QED) is 0.467. The Morgan fingerprint density at radius 2 is 1.05 bits per heavy atom.